The maximum atomic E-state index is 13.0. The highest BCUT2D eigenvalue weighted by atomic mass is 19.1. The molecule has 0 fully saturated rings. The molecule has 1 N–H and O–H groups in total. The number of benzene rings is 2. The first-order valence-electron chi connectivity index (χ1n) is 8.20. The summed E-state index contributed by atoms with van der Waals surface area (Å²) in [7, 11) is 0. The lowest BCUT2D eigenvalue weighted by atomic mass is 10.1. The third-order valence-electron chi connectivity index (χ3n) is 3.92. The highest BCUT2D eigenvalue weighted by molar-refractivity contribution is 5.99. The summed E-state index contributed by atoms with van der Waals surface area (Å²) >= 11 is 0. The molecular weight excluding hydrogens is 354 g/mol. The van der Waals surface area contributed by atoms with Crippen molar-refractivity contribution in [2.45, 2.75) is 13.3 Å². The molecule has 7 heteroatoms. The van der Waals surface area contributed by atoms with Crippen molar-refractivity contribution < 1.29 is 22.8 Å². The van der Waals surface area contributed by atoms with E-state index in [1.165, 1.54) is 48.5 Å². The van der Waals surface area contributed by atoms with Crippen molar-refractivity contribution in [3.8, 4) is 11.5 Å². The third-order valence-corrected chi connectivity index (χ3v) is 3.92. The van der Waals surface area contributed by atoms with Crippen LogP contribution in [0.5, 0.6) is 0 Å². The summed E-state index contributed by atoms with van der Waals surface area (Å²) in [5.74, 6) is -0.770. The predicted molar refractivity (Wildman–Crippen MR) is 94.1 cm³/mol. The Labute approximate surface area is 154 Å². The number of aromatic nitrogens is 1. The van der Waals surface area contributed by atoms with E-state index in [1.54, 1.807) is 6.92 Å². The van der Waals surface area contributed by atoms with Crippen LogP contribution in [0.1, 0.15) is 21.8 Å². The van der Waals surface area contributed by atoms with Gasteiger partial charge >= 0.3 is 0 Å². The van der Waals surface area contributed by atoms with E-state index in [1.807, 2.05) is 0 Å². The summed E-state index contributed by atoms with van der Waals surface area (Å²) < 4.78 is 31.4. The van der Waals surface area contributed by atoms with Crippen LogP contribution in [-0.2, 0) is 11.2 Å². The maximum absolute atomic E-state index is 13.0. The number of rotatable bonds is 6. The van der Waals surface area contributed by atoms with Gasteiger partial charge in [0.2, 0.25) is 11.8 Å². The second-order valence-corrected chi connectivity index (χ2v) is 5.91. The Bertz CT molecular complexity index is 964. The van der Waals surface area contributed by atoms with Gasteiger partial charge in [-0.2, -0.15) is 0 Å². The fourth-order valence-corrected chi connectivity index (χ4v) is 2.44. The largest absolute Gasteiger partial charge is 0.441 e. The molecule has 138 valence electrons. The minimum Gasteiger partial charge on any atom is -0.441 e. The summed E-state index contributed by atoms with van der Waals surface area (Å²) in [5, 5.41) is 2.51. The first kappa shape index (κ1) is 18.4. The van der Waals surface area contributed by atoms with Crippen molar-refractivity contribution in [3.63, 3.8) is 0 Å². The van der Waals surface area contributed by atoms with E-state index < -0.39 is 11.7 Å². The molecule has 5 nitrogen and oxygen atoms in total. The average molecular weight is 370 g/mol. The van der Waals surface area contributed by atoms with Gasteiger partial charge in [0.15, 0.2) is 5.78 Å². The number of nitrogens with zero attached hydrogens (tertiary/aromatic N) is 1. The molecule has 0 aliphatic carbocycles. The van der Waals surface area contributed by atoms with Crippen LogP contribution in [0.4, 0.5) is 8.78 Å². The number of carbonyl (C=O) groups excluding carboxylic acids is 2. The van der Waals surface area contributed by atoms with E-state index in [0.717, 1.165) is 0 Å². The SMILES string of the molecule is Cc1oc(-c2ccc(F)cc2)nc1CC(=O)NCC(=O)c1ccc(F)cc1. The number of ketones is 1. The normalized spacial score (nSPS) is 10.6. The highest BCUT2D eigenvalue weighted by Gasteiger charge is 2.16. The molecule has 2 aromatic carbocycles. The van der Waals surface area contributed by atoms with E-state index in [-0.39, 0.29) is 30.5 Å². The third kappa shape index (κ3) is 4.63. The summed E-state index contributed by atoms with van der Waals surface area (Å²) in [4.78, 5) is 28.4. The van der Waals surface area contributed by atoms with Crippen LogP contribution in [0.2, 0.25) is 0 Å². The summed E-state index contributed by atoms with van der Waals surface area (Å²) in [6.45, 7) is 1.47. The Morgan fingerprint density at radius 1 is 1.00 bits per heavy atom. The minimum absolute atomic E-state index is 0.0623. The van der Waals surface area contributed by atoms with Crippen LogP contribution in [0.25, 0.3) is 11.5 Å². The number of hydrogen-bond donors (Lipinski definition) is 1. The molecule has 27 heavy (non-hydrogen) atoms. The standard InChI is InChI=1S/C20H16F2N2O3/c1-12-17(24-20(27-12)14-4-8-16(22)9-5-14)10-19(26)23-11-18(25)13-2-6-15(21)7-3-13/h2-9H,10-11H2,1H3,(H,23,26). The number of hydrogen-bond acceptors (Lipinski definition) is 4. The van der Waals surface area contributed by atoms with Crippen LogP contribution in [0.15, 0.2) is 52.9 Å². The van der Waals surface area contributed by atoms with Gasteiger partial charge in [-0.1, -0.05) is 0 Å². The van der Waals surface area contributed by atoms with Crippen LogP contribution >= 0.6 is 0 Å². The lowest BCUT2D eigenvalue weighted by molar-refractivity contribution is -0.120. The van der Waals surface area contributed by atoms with E-state index in [9.17, 15) is 18.4 Å². The molecule has 0 aliphatic heterocycles. The maximum Gasteiger partial charge on any atom is 0.226 e. The number of nitrogens with one attached hydrogen (secondary N) is 1. The van der Waals surface area contributed by atoms with Crippen molar-refractivity contribution in [1.82, 2.24) is 10.3 Å². The lowest BCUT2D eigenvalue weighted by Crippen LogP contribution is -2.31. The molecule has 3 rings (SSSR count). The smallest absolute Gasteiger partial charge is 0.226 e. The molecule has 1 amide bonds. The number of amides is 1. The van der Waals surface area contributed by atoms with Gasteiger partial charge in [0, 0.05) is 11.1 Å². The molecule has 0 saturated carbocycles. The molecule has 1 aromatic heterocycles. The topological polar surface area (TPSA) is 72.2 Å². The Morgan fingerprint density at radius 2 is 1.59 bits per heavy atom. The van der Waals surface area contributed by atoms with Gasteiger partial charge < -0.3 is 9.73 Å². The molecule has 3 aromatic rings. The van der Waals surface area contributed by atoms with Crippen LogP contribution < -0.4 is 5.32 Å². The van der Waals surface area contributed by atoms with Crippen LogP contribution in [-0.4, -0.2) is 23.2 Å². The fourth-order valence-electron chi connectivity index (χ4n) is 2.44. The molecule has 1 heterocycles. The predicted octanol–water partition coefficient (Wildman–Crippen LogP) is 3.47. The average Bonchev–Trinajstić information content (AvgIpc) is 3.01. The monoisotopic (exact) mass is 370 g/mol. The van der Waals surface area contributed by atoms with Crippen LogP contribution in [0.3, 0.4) is 0 Å². The van der Waals surface area contributed by atoms with Gasteiger partial charge in [-0.05, 0) is 55.5 Å². The van der Waals surface area contributed by atoms with Gasteiger partial charge in [-0.25, -0.2) is 13.8 Å². The first-order valence-corrected chi connectivity index (χ1v) is 8.20. The zero-order chi connectivity index (χ0) is 19.4. The van der Waals surface area contributed by atoms with Gasteiger partial charge in [0.25, 0.3) is 0 Å². The van der Waals surface area contributed by atoms with E-state index in [0.29, 0.717) is 22.6 Å². The fraction of sp³-hybridized carbons (Fsp3) is 0.150. The Kier molecular flexibility index (Phi) is 5.40. The number of oxazole rings is 1. The molecule has 0 radical (unpaired) electrons. The quantitative estimate of drug-likeness (QED) is 0.675. The van der Waals surface area contributed by atoms with E-state index >= 15 is 0 Å². The Balaban J connectivity index is 1.60. The van der Waals surface area contributed by atoms with Crippen molar-refractivity contribution in [2.24, 2.45) is 0 Å². The molecule has 0 unspecified atom stereocenters. The van der Waals surface area contributed by atoms with Crippen molar-refractivity contribution in [1.29, 1.82) is 0 Å². The Morgan fingerprint density at radius 3 is 2.22 bits per heavy atom. The van der Waals surface area contributed by atoms with Gasteiger partial charge in [0.1, 0.15) is 17.4 Å². The number of Topliss-reactive ketones (excluding diaryl/α,β-unsaturated/α-hetero) is 1. The summed E-state index contributed by atoms with van der Waals surface area (Å²) in [6.07, 6.45) is -0.0623. The molecule has 0 atom stereocenters. The van der Waals surface area contributed by atoms with Crippen molar-refractivity contribution in [2.75, 3.05) is 6.54 Å². The van der Waals surface area contributed by atoms with Gasteiger partial charge in [-0.15, -0.1) is 0 Å². The van der Waals surface area contributed by atoms with Crippen molar-refractivity contribution >= 4 is 11.7 Å². The second kappa shape index (κ2) is 7.90. The first-order chi connectivity index (χ1) is 12.9. The molecule has 0 spiro atoms. The van der Waals surface area contributed by atoms with Gasteiger partial charge in [0.05, 0.1) is 18.7 Å². The zero-order valence-corrected chi connectivity index (χ0v) is 14.5. The lowest BCUT2D eigenvalue weighted by Gasteiger charge is -2.04. The Hall–Kier alpha value is -3.35. The summed E-state index contributed by atoms with van der Waals surface area (Å²) in [6, 6.07) is 10.7. The van der Waals surface area contributed by atoms with E-state index in [2.05, 4.69) is 10.3 Å². The zero-order valence-electron chi connectivity index (χ0n) is 14.5. The molecular formula is C20H16F2N2O3. The van der Waals surface area contributed by atoms with E-state index in [4.69, 9.17) is 4.42 Å². The molecule has 0 aliphatic rings. The number of carbonyl (C=O) groups is 2. The molecule has 0 saturated heterocycles. The second-order valence-electron chi connectivity index (χ2n) is 5.91. The highest BCUT2D eigenvalue weighted by Crippen LogP contribution is 2.22. The summed E-state index contributed by atoms with van der Waals surface area (Å²) in [5.41, 5.74) is 1.34. The number of halogens is 2. The minimum atomic E-state index is -0.436. The number of aryl methyl sites for hydroxylation is 1. The molecule has 0 bridgehead atoms. The van der Waals surface area contributed by atoms with Gasteiger partial charge in [-0.3, -0.25) is 9.59 Å². The van der Waals surface area contributed by atoms with Crippen LogP contribution in [0, 0.1) is 18.6 Å². The van der Waals surface area contributed by atoms with Crippen molar-refractivity contribution in [3.05, 3.63) is 77.2 Å².